The molecule has 0 bridgehead atoms. The van der Waals surface area contributed by atoms with Crippen molar-refractivity contribution in [1.82, 2.24) is 0 Å². The second-order valence-electron chi connectivity index (χ2n) is 5.33. The van der Waals surface area contributed by atoms with Crippen LogP contribution in [0.15, 0.2) is 0 Å². The van der Waals surface area contributed by atoms with Gasteiger partial charge in [0.05, 0.1) is 18.3 Å². The van der Waals surface area contributed by atoms with Gasteiger partial charge in [0, 0.05) is 5.92 Å². The summed E-state index contributed by atoms with van der Waals surface area (Å²) < 4.78 is 10.6. The van der Waals surface area contributed by atoms with Crippen LogP contribution in [0, 0.1) is 5.92 Å². The molecular weight excluding hydrogens is 212 g/mol. The Hall–Kier alpha value is -0.200. The largest absolute Gasteiger partial charge is 0.390 e. The van der Waals surface area contributed by atoms with Crippen molar-refractivity contribution in [2.45, 2.75) is 57.9 Å². The molecule has 0 aromatic carbocycles. The first-order valence-electron chi connectivity index (χ1n) is 5.56. The van der Waals surface area contributed by atoms with Crippen LogP contribution >= 0.6 is 0 Å². The highest BCUT2D eigenvalue weighted by molar-refractivity contribution is 4.86. The molecule has 0 spiro atoms. The number of aliphatic hydroxyl groups excluding tert-OH is 3. The highest BCUT2D eigenvalue weighted by Crippen LogP contribution is 2.25. The summed E-state index contributed by atoms with van der Waals surface area (Å²) in [5.74, 6) is -0.433. The lowest BCUT2D eigenvalue weighted by atomic mass is 9.91. The van der Waals surface area contributed by atoms with Crippen LogP contribution in [0.1, 0.15) is 27.7 Å². The summed E-state index contributed by atoms with van der Waals surface area (Å²) in [5.41, 5.74) is -0.326. The van der Waals surface area contributed by atoms with Gasteiger partial charge in [-0.05, 0) is 20.8 Å². The van der Waals surface area contributed by atoms with E-state index in [9.17, 15) is 15.3 Å². The summed E-state index contributed by atoms with van der Waals surface area (Å²) in [6.07, 6.45) is -3.75. The Bertz CT molecular complexity index is 225. The molecule has 1 saturated heterocycles. The summed E-state index contributed by atoms with van der Waals surface area (Å²) in [4.78, 5) is 0. The second kappa shape index (κ2) is 4.98. The van der Waals surface area contributed by atoms with Gasteiger partial charge < -0.3 is 24.8 Å². The first kappa shape index (κ1) is 13.9. The molecule has 0 aliphatic carbocycles. The fraction of sp³-hybridized carbons (Fsp3) is 1.00. The van der Waals surface area contributed by atoms with E-state index in [1.807, 2.05) is 20.8 Å². The molecule has 1 aliphatic heterocycles. The fourth-order valence-electron chi connectivity index (χ4n) is 1.61. The van der Waals surface area contributed by atoms with E-state index in [1.165, 1.54) is 0 Å². The summed E-state index contributed by atoms with van der Waals surface area (Å²) in [7, 11) is 0. The van der Waals surface area contributed by atoms with Gasteiger partial charge in [0.25, 0.3) is 0 Å². The maximum atomic E-state index is 9.85. The van der Waals surface area contributed by atoms with E-state index in [0.717, 1.165) is 0 Å². The summed E-state index contributed by atoms with van der Waals surface area (Å²) >= 11 is 0. The van der Waals surface area contributed by atoms with Crippen molar-refractivity contribution >= 4 is 0 Å². The highest BCUT2D eigenvalue weighted by atomic mass is 16.6. The predicted molar refractivity (Wildman–Crippen MR) is 57.8 cm³/mol. The van der Waals surface area contributed by atoms with Crippen molar-refractivity contribution < 1.29 is 24.8 Å². The third-order valence-electron chi connectivity index (χ3n) is 2.75. The molecule has 0 aromatic rings. The molecule has 1 fully saturated rings. The minimum absolute atomic E-state index is 0.193. The molecule has 0 radical (unpaired) electrons. The van der Waals surface area contributed by atoms with E-state index < -0.39 is 30.5 Å². The van der Waals surface area contributed by atoms with Gasteiger partial charge in [0.1, 0.15) is 12.2 Å². The zero-order valence-electron chi connectivity index (χ0n) is 10.3. The van der Waals surface area contributed by atoms with Crippen molar-refractivity contribution in [1.29, 1.82) is 0 Å². The van der Waals surface area contributed by atoms with Gasteiger partial charge in [-0.1, -0.05) is 6.92 Å². The summed E-state index contributed by atoms with van der Waals surface area (Å²) in [6, 6.07) is 0. The van der Waals surface area contributed by atoms with Crippen LogP contribution in [0.3, 0.4) is 0 Å². The Morgan fingerprint density at radius 1 is 1.12 bits per heavy atom. The molecular formula is C11H22O5. The average Bonchev–Trinajstić information content (AvgIpc) is 2.17. The minimum atomic E-state index is -1.26. The van der Waals surface area contributed by atoms with E-state index in [2.05, 4.69) is 0 Å². The van der Waals surface area contributed by atoms with Gasteiger partial charge in [0.2, 0.25) is 0 Å². The fourth-order valence-corrected chi connectivity index (χ4v) is 1.61. The lowest BCUT2D eigenvalue weighted by Gasteiger charge is -2.40. The third-order valence-corrected chi connectivity index (χ3v) is 2.75. The lowest BCUT2D eigenvalue weighted by Crippen LogP contribution is -2.54. The highest BCUT2D eigenvalue weighted by Gasteiger charge is 2.41. The van der Waals surface area contributed by atoms with Gasteiger partial charge >= 0.3 is 0 Å². The monoisotopic (exact) mass is 234 g/mol. The van der Waals surface area contributed by atoms with Crippen LogP contribution in [-0.4, -0.2) is 52.1 Å². The Kier molecular flexibility index (Phi) is 4.31. The SMILES string of the molecule is C[C@@H]1[C@@H](O)[C@H](O)O[C@H](COC(C)(C)C)[C@H]1O. The Morgan fingerprint density at radius 3 is 2.19 bits per heavy atom. The molecule has 0 amide bonds. The van der Waals surface area contributed by atoms with Crippen LogP contribution in [0.2, 0.25) is 0 Å². The average molecular weight is 234 g/mol. The third kappa shape index (κ3) is 3.40. The molecule has 5 atom stereocenters. The van der Waals surface area contributed by atoms with E-state index in [-0.39, 0.29) is 12.2 Å². The molecule has 5 nitrogen and oxygen atoms in total. The Morgan fingerprint density at radius 2 is 1.69 bits per heavy atom. The van der Waals surface area contributed by atoms with Crippen LogP contribution in [0.5, 0.6) is 0 Å². The van der Waals surface area contributed by atoms with Crippen LogP contribution in [0.25, 0.3) is 0 Å². The van der Waals surface area contributed by atoms with E-state index in [1.54, 1.807) is 6.92 Å². The number of aliphatic hydroxyl groups is 3. The minimum Gasteiger partial charge on any atom is -0.390 e. The Labute approximate surface area is 96.0 Å². The molecule has 0 unspecified atom stereocenters. The zero-order valence-corrected chi connectivity index (χ0v) is 10.3. The quantitative estimate of drug-likeness (QED) is 0.620. The number of rotatable bonds is 2. The van der Waals surface area contributed by atoms with Crippen LogP contribution in [-0.2, 0) is 9.47 Å². The molecule has 1 aliphatic rings. The van der Waals surface area contributed by atoms with Crippen molar-refractivity contribution in [3.63, 3.8) is 0 Å². The molecule has 3 N–H and O–H groups in total. The zero-order chi connectivity index (χ0) is 12.5. The van der Waals surface area contributed by atoms with Crippen molar-refractivity contribution in [2.75, 3.05) is 6.61 Å². The number of ether oxygens (including phenoxy) is 2. The topological polar surface area (TPSA) is 79.2 Å². The van der Waals surface area contributed by atoms with Crippen molar-refractivity contribution in [3.05, 3.63) is 0 Å². The summed E-state index contributed by atoms with van der Waals surface area (Å²) in [6.45, 7) is 7.56. The van der Waals surface area contributed by atoms with E-state index >= 15 is 0 Å². The maximum Gasteiger partial charge on any atom is 0.181 e. The lowest BCUT2D eigenvalue weighted by molar-refractivity contribution is -0.277. The molecule has 5 heteroatoms. The molecule has 96 valence electrons. The van der Waals surface area contributed by atoms with Crippen molar-refractivity contribution in [3.8, 4) is 0 Å². The van der Waals surface area contributed by atoms with Gasteiger partial charge in [-0.2, -0.15) is 0 Å². The van der Waals surface area contributed by atoms with Gasteiger partial charge in [-0.25, -0.2) is 0 Å². The van der Waals surface area contributed by atoms with Gasteiger partial charge in [0.15, 0.2) is 6.29 Å². The normalized spacial score (nSPS) is 41.1. The van der Waals surface area contributed by atoms with Crippen LogP contribution in [0.4, 0.5) is 0 Å². The molecule has 1 rings (SSSR count). The van der Waals surface area contributed by atoms with Gasteiger partial charge in [-0.15, -0.1) is 0 Å². The van der Waals surface area contributed by atoms with Crippen LogP contribution < -0.4 is 0 Å². The smallest absolute Gasteiger partial charge is 0.181 e. The second-order valence-corrected chi connectivity index (χ2v) is 5.33. The van der Waals surface area contributed by atoms with E-state index in [0.29, 0.717) is 0 Å². The molecule has 0 aromatic heterocycles. The van der Waals surface area contributed by atoms with E-state index in [4.69, 9.17) is 9.47 Å². The predicted octanol–water partition coefficient (Wildman–Crippen LogP) is -0.123. The first-order chi connectivity index (χ1) is 7.22. The van der Waals surface area contributed by atoms with Gasteiger partial charge in [-0.3, -0.25) is 0 Å². The number of hydrogen-bond acceptors (Lipinski definition) is 5. The number of hydrogen-bond donors (Lipinski definition) is 3. The first-order valence-corrected chi connectivity index (χ1v) is 5.56. The van der Waals surface area contributed by atoms with Crippen molar-refractivity contribution in [2.24, 2.45) is 5.92 Å². The molecule has 16 heavy (non-hydrogen) atoms. The standard InChI is InChI=1S/C11H22O5/c1-6-8(12)7(5-15-11(2,3)4)16-10(14)9(6)13/h6-10,12-14H,5H2,1-4H3/t6-,7+,8-,9+,10+/m0/s1. The molecule has 1 heterocycles. The molecule has 0 saturated carbocycles. The summed E-state index contributed by atoms with van der Waals surface area (Å²) in [5, 5.41) is 28.8. The Balaban J connectivity index is 2.54. The maximum absolute atomic E-state index is 9.85.